The number of rotatable bonds is 4. The van der Waals surface area contributed by atoms with Crippen LogP contribution >= 0.6 is 0 Å². The maximum absolute atomic E-state index is 3.49. The Hall–Kier alpha value is -1.02. The van der Waals surface area contributed by atoms with Gasteiger partial charge in [-0.2, -0.15) is 0 Å². The zero-order valence-corrected chi connectivity index (χ0v) is 13.6. The summed E-state index contributed by atoms with van der Waals surface area (Å²) in [7, 11) is 0. The van der Waals surface area contributed by atoms with E-state index in [-0.39, 0.29) is 0 Å². The van der Waals surface area contributed by atoms with E-state index in [1.165, 1.54) is 56.3 Å². The number of piperidine rings is 1. The van der Waals surface area contributed by atoms with E-state index in [2.05, 4.69) is 48.3 Å². The van der Waals surface area contributed by atoms with Crippen LogP contribution in [0.2, 0.25) is 0 Å². The first kappa shape index (κ1) is 14.9. The van der Waals surface area contributed by atoms with Crippen molar-refractivity contribution in [2.75, 3.05) is 18.0 Å². The summed E-state index contributed by atoms with van der Waals surface area (Å²) in [5.41, 5.74) is 2.84. The Labute approximate surface area is 129 Å². The van der Waals surface area contributed by atoms with E-state index in [1.54, 1.807) is 0 Å². The normalized spacial score (nSPS) is 27.2. The lowest BCUT2D eigenvalue weighted by Crippen LogP contribution is -2.46. The third kappa shape index (κ3) is 3.26. The third-order valence-corrected chi connectivity index (χ3v) is 5.48. The maximum atomic E-state index is 3.49. The SMILES string of the molecule is CCNC(C)c1ccc(N2CCCC3CCCCC32)cc1. The van der Waals surface area contributed by atoms with Crippen LogP contribution in [0.4, 0.5) is 5.69 Å². The van der Waals surface area contributed by atoms with Gasteiger partial charge in [0.1, 0.15) is 0 Å². The highest BCUT2D eigenvalue weighted by atomic mass is 15.2. The molecular weight excluding hydrogens is 256 g/mol. The molecule has 3 unspecified atom stereocenters. The van der Waals surface area contributed by atoms with Gasteiger partial charge in [0.2, 0.25) is 0 Å². The van der Waals surface area contributed by atoms with Gasteiger partial charge in [-0.1, -0.05) is 31.9 Å². The third-order valence-electron chi connectivity index (χ3n) is 5.48. The second-order valence-electron chi connectivity index (χ2n) is 6.82. The molecule has 2 fully saturated rings. The van der Waals surface area contributed by atoms with Crippen LogP contribution in [0.25, 0.3) is 0 Å². The van der Waals surface area contributed by atoms with Crippen LogP contribution in [0.1, 0.15) is 64.0 Å². The van der Waals surface area contributed by atoms with Crippen molar-refractivity contribution in [3.63, 3.8) is 0 Å². The average Bonchev–Trinajstić information content (AvgIpc) is 2.55. The highest BCUT2D eigenvalue weighted by molar-refractivity contribution is 5.49. The van der Waals surface area contributed by atoms with Gasteiger partial charge in [-0.25, -0.2) is 0 Å². The quantitative estimate of drug-likeness (QED) is 0.875. The summed E-state index contributed by atoms with van der Waals surface area (Å²) >= 11 is 0. The first-order chi connectivity index (χ1) is 10.3. The highest BCUT2D eigenvalue weighted by Gasteiger charge is 2.33. The Morgan fingerprint density at radius 1 is 1.10 bits per heavy atom. The molecule has 3 rings (SSSR count). The van der Waals surface area contributed by atoms with Crippen molar-refractivity contribution >= 4 is 5.69 Å². The molecule has 21 heavy (non-hydrogen) atoms. The van der Waals surface area contributed by atoms with Gasteiger partial charge in [0.05, 0.1) is 0 Å². The fourth-order valence-electron chi connectivity index (χ4n) is 4.32. The molecule has 1 N–H and O–H groups in total. The molecule has 0 bridgehead atoms. The zero-order valence-electron chi connectivity index (χ0n) is 13.6. The topological polar surface area (TPSA) is 15.3 Å². The van der Waals surface area contributed by atoms with E-state index in [9.17, 15) is 0 Å². The van der Waals surface area contributed by atoms with E-state index < -0.39 is 0 Å². The largest absolute Gasteiger partial charge is 0.368 e. The predicted molar refractivity (Wildman–Crippen MR) is 90.9 cm³/mol. The number of fused-ring (bicyclic) bond motifs is 1. The Bertz CT molecular complexity index is 437. The van der Waals surface area contributed by atoms with Crippen LogP contribution in [0.5, 0.6) is 0 Å². The minimum absolute atomic E-state index is 0.452. The predicted octanol–water partition coefficient (Wildman–Crippen LogP) is 4.52. The Morgan fingerprint density at radius 3 is 2.57 bits per heavy atom. The lowest BCUT2D eigenvalue weighted by atomic mass is 9.78. The van der Waals surface area contributed by atoms with Crippen molar-refractivity contribution in [3.8, 4) is 0 Å². The molecule has 1 aliphatic heterocycles. The van der Waals surface area contributed by atoms with Crippen molar-refractivity contribution in [3.05, 3.63) is 29.8 Å². The van der Waals surface area contributed by atoms with Crippen molar-refractivity contribution < 1.29 is 0 Å². The van der Waals surface area contributed by atoms with Gasteiger partial charge >= 0.3 is 0 Å². The molecule has 2 aliphatic rings. The number of benzene rings is 1. The number of hydrogen-bond donors (Lipinski definition) is 1. The standard InChI is InChI=1S/C19H30N2/c1-3-20-15(2)16-10-12-18(13-11-16)21-14-6-8-17-7-4-5-9-19(17)21/h10-13,15,17,19-20H,3-9,14H2,1-2H3. The van der Waals surface area contributed by atoms with E-state index in [0.29, 0.717) is 6.04 Å². The maximum Gasteiger partial charge on any atom is 0.0369 e. The van der Waals surface area contributed by atoms with Gasteiger partial charge in [-0.05, 0) is 62.8 Å². The molecule has 1 aliphatic carbocycles. The van der Waals surface area contributed by atoms with Crippen LogP contribution in [0.15, 0.2) is 24.3 Å². The number of hydrogen-bond acceptors (Lipinski definition) is 2. The van der Waals surface area contributed by atoms with Crippen LogP contribution in [0.3, 0.4) is 0 Å². The van der Waals surface area contributed by atoms with Crippen LogP contribution in [0, 0.1) is 5.92 Å². The molecule has 1 saturated heterocycles. The monoisotopic (exact) mass is 286 g/mol. The van der Waals surface area contributed by atoms with Crippen LogP contribution in [-0.4, -0.2) is 19.1 Å². The first-order valence-corrected chi connectivity index (χ1v) is 8.89. The molecule has 3 atom stereocenters. The zero-order chi connectivity index (χ0) is 14.7. The van der Waals surface area contributed by atoms with Gasteiger partial charge in [0, 0.05) is 24.3 Å². The summed E-state index contributed by atoms with van der Waals surface area (Å²) in [6, 6.07) is 10.6. The Morgan fingerprint density at radius 2 is 1.81 bits per heavy atom. The van der Waals surface area contributed by atoms with Crippen LogP contribution < -0.4 is 10.2 Å². The van der Waals surface area contributed by atoms with Gasteiger partial charge < -0.3 is 10.2 Å². The molecule has 0 amide bonds. The smallest absolute Gasteiger partial charge is 0.0369 e. The first-order valence-electron chi connectivity index (χ1n) is 8.89. The molecule has 116 valence electrons. The minimum atomic E-state index is 0.452. The molecule has 2 nitrogen and oxygen atoms in total. The van der Waals surface area contributed by atoms with Gasteiger partial charge in [-0.15, -0.1) is 0 Å². The van der Waals surface area contributed by atoms with Gasteiger partial charge in [0.25, 0.3) is 0 Å². The molecule has 1 aromatic rings. The number of nitrogens with zero attached hydrogens (tertiary/aromatic N) is 1. The summed E-state index contributed by atoms with van der Waals surface area (Å²) < 4.78 is 0. The van der Waals surface area contributed by atoms with Crippen molar-refractivity contribution in [2.45, 2.75) is 64.5 Å². The fourth-order valence-corrected chi connectivity index (χ4v) is 4.32. The molecule has 2 heteroatoms. The molecule has 0 radical (unpaired) electrons. The van der Waals surface area contributed by atoms with Gasteiger partial charge in [0.15, 0.2) is 0 Å². The molecule has 0 aromatic heterocycles. The second-order valence-corrected chi connectivity index (χ2v) is 6.82. The lowest BCUT2D eigenvalue weighted by molar-refractivity contribution is 0.244. The Kier molecular flexibility index (Phi) is 4.84. The molecular formula is C19H30N2. The minimum Gasteiger partial charge on any atom is -0.368 e. The summed E-state index contributed by atoms with van der Waals surface area (Å²) in [6.07, 6.45) is 8.56. The summed E-state index contributed by atoms with van der Waals surface area (Å²) in [5.74, 6) is 0.952. The summed E-state index contributed by atoms with van der Waals surface area (Å²) in [6.45, 7) is 6.69. The van der Waals surface area contributed by atoms with Crippen molar-refractivity contribution in [1.82, 2.24) is 5.32 Å². The summed E-state index contributed by atoms with van der Waals surface area (Å²) in [4.78, 5) is 2.70. The molecule has 1 aromatic carbocycles. The van der Waals surface area contributed by atoms with Crippen molar-refractivity contribution in [2.24, 2.45) is 5.92 Å². The molecule has 1 saturated carbocycles. The van der Waals surface area contributed by atoms with Crippen LogP contribution in [-0.2, 0) is 0 Å². The summed E-state index contributed by atoms with van der Waals surface area (Å²) in [5, 5.41) is 3.49. The second kappa shape index (κ2) is 6.83. The van der Waals surface area contributed by atoms with E-state index >= 15 is 0 Å². The Balaban J connectivity index is 1.73. The fraction of sp³-hybridized carbons (Fsp3) is 0.684. The van der Waals surface area contributed by atoms with E-state index in [0.717, 1.165) is 18.5 Å². The van der Waals surface area contributed by atoms with Crippen molar-refractivity contribution in [1.29, 1.82) is 0 Å². The highest BCUT2D eigenvalue weighted by Crippen LogP contribution is 2.37. The molecule has 0 spiro atoms. The van der Waals surface area contributed by atoms with E-state index in [4.69, 9.17) is 0 Å². The number of anilines is 1. The average molecular weight is 286 g/mol. The van der Waals surface area contributed by atoms with E-state index in [1.807, 2.05) is 0 Å². The lowest BCUT2D eigenvalue weighted by Gasteiger charge is -2.45. The van der Waals surface area contributed by atoms with Gasteiger partial charge in [-0.3, -0.25) is 0 Å². The molecule has 1 heterocycles. The number of nitrogens with one attached hydrogen (secondary N) is 1.